The third-order valence-electron chi connectivity index (χ3n) is 5.35. The molecule has 4 atom stereocenters. The number of hydrogen-bond acceptors (Lipinski definition) is 3. The minimum Gasteiger partial charge on any atom is -0.393 e. The van der Waals surface area contributed by atoms with Gasteiger partial charge < -0.3 is 15.3 Å². The molecule has 2 N–H and O–H groups in total. The molecule has 3 rings (SSSR count). The number of aliphatic hydroxyl groups excluding tert-OH is 1. The zero-order chi connectivity index (χ0) is 13.4. The van der Waals surface area contributed by atoms with E-state index < -0.39 is 0 Å². The third kappa shape index (κ3) is 2.52. The normalized spacial score (nSPS) is 42.4. The molecule has 2 bridgehead atoms. The molecule has 0 aliphatic carbocycles. The van der Waals surface area contributed by atoms with Gasteiger partial charge in [0.1, 0.15) is 0 Å². The van der Waals surface area contributed by atoms with Crippen molar-refractivity contribution in [1.82, 2.24) is 10.2 Å². The molecule has 19 heavy (non-hydrogen) atoms. The number of amides is 1. The Morgan fingerprint density at radius 3 is 2.53 bits per heavy atom. The number of nitrogens with zero attached hydrogens (tertiary/aromatic N) is 1. The van der Waals surface area contributed by atoms with Crippen LogP contribution in [0, 0.1) is 5.92 Å². The fraction of sp³-hybridized carbons (Fsp3) is 0.933. The van der Waals surface area contributed by atoms with Crippen LogP contribution in [0.3, 0.4) is 0 Å². The average Bonchev–Trinajstić information content (AvgIpc) is 2.70. The van der Waals surface area contributed by atoms with Crippen LogP contribution in [-0.2, 0) is 4.79 Å². The molecular weight excluding hydrogens is 240 g/mol. The number of rotatable bonds is 2. The monoisotopic (exact) mass is 266 g/mol. The van der Waals surface area contributed by atoms with Crippen LogP contribution >= 0.6 is 0 Å². The summed E-state index contributed by atoms with van der Waals surface area (Å²) in [7, 11) is 0. The second kappa shape index (κ2) is 5.41. The van der Waals surface area contributed by atoms with Gasteiger partial charge in [0, 0.05) is 12.1 Å². The van der Waals surface area contributed by atoms with Gasteiger partial charge in [0.25, 0.3) is 0 Å². The van der Waals surface area contributed by atoms with Crippen LogP contribution in [0.25, 0.3) is 0 Å². The first-order valence-electron chi connectivity index (χ1n) is 7.92. The largest absolute Gasteiger partial charge is 0.393 e. The minimum atomic E-state index is -0.191. The van der Waals surface area contributed by atoms with E-state index in [1.54, 1.807) is 0 Å². The van der Waals surface area contributed by atoms with E-state index in [-0.39, 0.29) is 12.1 Å². The summed E-state index contributed by atoms with van der Waals surface area (Å²) in [5, 5.41) is 13.2. The molecule has 4 unspecified atom stereocenters. The SMILES string of the molecule is CCC1CCNC(C(=O)N2C3CCC2CC(O)C3)C1. The van der Waals surface area contributed by atoms with Gasteiger partial charge in [-0.3, -0.25) is 4.79 Å². The summed E-state index contributed by atoms with van der Waals surface area (Å²) in [5.41, 5.74) is 0. The van der Waals surface area contributed by atoms with E-state index in [1.165, 1.54) is 12.8 Å². The van der Waals surface area contributed by atoms with Gasteiger partial charge in [-0.1, -0.05) is 13.3 Å². The molecule has 0 spiro atoms. The van der Waals surface area contributed by atoms with Gasteiger partial charge in [0.15, 0.2) is 0 Å². The summed E-state index contributed by atoms with van der Waals surface area (Å²) in [6.45, 7) is 3.19. The van der Waals surface area contributed by atoms with Gasteiger partial charge in [-0.2, -0.15) is 0 Å². The predicted octanol–water partition coefficient (Wildman–Crippen LogP) is 1.28. The molecule has 0 aromatic carbocycles. The predicted molar refractivity (Wildman–Crippen MR) is 73.7 cm³/mol. The molecule has 0 saturated carbocycles. The van der Waals surface area contributed by atoms with Crippen molar-refractivity contribution in [2.45, 2.75) is 76.1 Å². The maximum atomic E-state index is 12.8. The zero-order valence-electron chi connectivity index (χ0n) is 11.8. The van der Waals surface area contributed by atoms with Crippen LogP contribution in [-0.4, -0.2) is 46.7 Å². The van der Waals surface area contributed by atoms with Gasteiger partial charge >= 0.3 is 0 Å². The molecule has 0 aromatic rings. The van der Waals surface area contributed by atoms with Crippen LogP contribution in [0.2, 0.25) is 0 Å². The van der Waals surface area contributed by atoms with Crippen LogP contribution in [0.4, 0.5) is 0 Å². The second-order valence-electron chi connectivity index (χ2n) is 6.56. The number of nitrogens with one attached hydrogen (secondary N) is 1. The van der Waals surface area contributed by atoms with Crippen molar-refractivity contribution in [1.29, 1.82) is 0 Å². The highest BCUT2D eigenvalue weighted by molar-refractivity contribution is 5.83. The van der Waals surface area contributed by atoms with E-state index >= 15 is 0 Å². The van der Waals surface area contributed by atoms with Crippen molar-refractivity contribution >= 4 is 5.91 Å². The molecule has 0 radical (unpaired) electrons. The van der Waals surface area contributed by atoms with Crippen molar-refractivity contribution in [3.05, 3.63) is 0 Å². The Morgan fingerprint density at radius 2 is 1.89 bits per heavy atom. The summed E-state index contributed by atoms with van der Waals surface area (Å²) < 4.78 is 0. The Bertz CT molecular complexity index is 333. The Labute approximate surface area is 115 Å². The number of fused-ring (bicyclic) bond motifs is 2. The van der Waals surface area contributed by atoms with Gasteiger partial charge in [-0.15, -0.1) is 0 Å². The van der Waals surface area contributed by atoms with E-state index in [1.807, 2.05) is 0 Å². The number of hydrogen-bond donors (Lipinski definition) is 2. The van der Waals surface area contributed by atoms with E-state index in [0.29, 0.717) is 23.9 Å². The maximum Gasteiger partial charge on any atom is 0.240 e. The standard InChI is InChI=1S/C15H26N2O2/c1-2-10-5-6-16-14(7-10)15(19)17-11-3-4-12(17)9-13(18)8-11/h10-14,16,18H,2-9H2,1H3. The lowest BCUT2D eigenvalue weighted by molar-refractivity contribution is -0.140. The molecule has 108 valence electrons. The second-order valence-corrected chi connectivity index (χ2v) is 6.56. The van der Waals surface area contributed by atoms with E-state index in [2.05, 4.69) is 17.1 Å². The lowest BCUT2D eigenvalue weighted by Crippen LogP contribution is -2.56. The summed E-state index contributed by atoms with van der Waals surface area (Å²) in [5.74, 6) is 1.00. The first-order valence-corrected chi connectivity index (χ1v) is 7.92. The zero-order valence-corrected chi connectivity index (χ0v) is 11.8. The summed E-state index contributed by atoms with van der Waals surface area (Å²) in [6.07, 6.45) is 6.91. The Balaban J connectivity index is 1.67. The van der Waals surface area contributed by atoms with Gasteiger partial charge in [0.05, 0.1) is 12.1 Å². The molecular formula is C15H26N2O2. The van der Waals surface area contributed by atoms with E-state index in [4.69, 9.17) is 0 Å². The molecule has 3 heterocycles. The van der Waals surface area contributed by atoms with Gasteiger partial charge in [-0.05, 0) is 51.0 Å². The van der Waals surface area contributed by atoms with Crippen molar-refractivity contribution in [2.75, 3.05) is 6.54 Å². The Morgan fingerprint density at radius 1 is 1.21 bits per heavy atom. The van der Waals surface area contributed by atoms with Crippen LogP contribution in [0.1, 0.15) is 51.9 Å². The third-order valence-corrected chi connectivity index (χ3v) is 5.35. The van der Waals surface area contributed by atoms with Crippen LogP contribution in [0.15, 0.2) is 0 Å². The molecule has 4 heteroatoms. The maximum absolute atomic E-state index is 12.8. The smallest absolute Gasteiger partial charge is 0.240 e. The van der Waals surface area contributed by atoms with Crippen LogP contribution in [0.5, 0.6) is 0 Å². The average molecular weight is 266 g/mol. The van der Waals surface area contributed by atoms with Crippen molar-refractivity contribution in [2.24, 2.45) is 5.92 Å². The van der Waals surface area contributed by atoms with Crippen molar-refractivity contribution in [3.63, 3.8) is 0 Å². The van der Waals surface area contributed by atoms with E-state index in [0.717, 1.165) is 38.6 Å². The summed E-state index contributed by atoms with van der Waals surface area (Å²) >= 11 is 0. The molecule has 3 saturated heterocycles. The lowest BCUT2D eigenvalue weighted by atomic mass is 9.89. The highest BCUT2D eigenvalue weighted by Crippen LogP contribution is 2.36. The first kappa shape index (κ1) is 13.4. The van der Waals surface area contributed by atoms with Gasteiger partial charge in [-0.25, -0.2) is 0 Å². The number of carbonyl (C=O) groups excluding carboxylic acids is 1. The van der Waals surface area contributed by atoms with Crippen molar-refractivity contribution in [3.8, 4) is 0 Å². The lowest BCUT2D eigenvalue weighted by Gasteiger charge is -2.41. The number of piperidine rings is 2. The highest BCUT2D eigenvalue weighted by atomic mass is 16.3. The fourth-order valence-corrected chi connectivity index (χ4v) is 4.24. The molecule has 3 aliphatic heterocycles. The summed E-state index contributed by atoms with van der Waals surface area (Å²) in [4.78, 5) is 14.9. The van der Waals surface area contributed by atoms with E-state index in [9.17, 15) is 9.90 Å². The topological polar surface area (TPSA) is 52.6 Å². The van der Waals surface area contributed by atoms with Crippen molar-refractivity contribution < 1.29 is 9.90 Å². The van der Waals surface area contributed by atoms with Crippen LogP contribution < -0.4 is 5.32 Å². The molecule has 4 nitrogen and oxygen atoms in total. The summed E-state index contributed by atoms with van der Waals surface area (Å²) in [6, 6.07) is 0.618. The Hall–Kier alpha value is -0.610. The molecule has 3 aliphatic rings. The fourth-order valence-electron chi connectivity index (χ4n) is 4.24. The molecule has 1 amide bonds. The molecule has 0 aromatic heterocycles. The quantitative estimate of drug-likeness (QED) is 0.791. The molecule has 3 fully saturated rings. The highest BCUT2D eigenvalue weighted by Gasteiger charge is 2.44. The number of carbonyl (C=O) groups is 1. The minimum absolute atomic E-state index is 0.0250. The first-order chi connectivity index (χ1) is 9.19. The Kier molecular flexibility index (Phi) is 3.81. The number of aliphatic hydroxyl groups is 1. The van der Waals surface area contributed by atoms with Gasteiger partial charge in [0.2, 0.25) is 5.91 Å².